The van der Waals surface area contributed by atoms with E-state index in [-0.39, 0.29) is 11.8 Å². The second kappa shape index (κ2) is 4.70. The summed E-state index contributed by atoms with van der Waals surface area (Å²) in [5, 5.41) is 2.82. The van der Waals surface area contributed by atoms with Crippen molar-refractivity contribution in [1.82, 2.24) is 0 Å². The van der Waals surface area contributed by atoms with Gasteiger partial charge in [-0.2, -0.15) is 0 Å². The minimum atomic E-state index is 0.0328. The van der Waals surface area contributed by atoms with Crippen molar-refractivity contribution in [3.63, 3.8) is 0 Å². The van der Waals surface area contributed by atoms with Crippen molar-refractivity contribution in [3.8, 4) is 0 Å². The number of benzene rings is 1. The quantitative estimate of drug-likeness (QED) is 0.810. The molecule has 0 aliphatic heterocycles. The first-order valence-corrected chi connectivity index (χ1v) is 6.02. The lowest BCUT2D eigenvalue weighted by Crippen LogP contribution is -2.14. The van der Waals surface area contributed by atoms with Gasteiger partial charge in [0.25, 0.3) is 0 Å². The van der Waals surface area contributed by atoms with Gasteiger partial charge in [0, 0.05) is 11.5 Å². The van der Waals surface area contributed by atoms with Crippen LogP contribution in [0.3, 0.4) is 0 Å². The Morgan fingerprint density at radius 2 is 2.12 bits per heavy atom. The number of hydrogen-bond acceptors (Lipinski definition) is 2. The standard InChI is InChI=1S/C14H17NO2/c1-9(2)11-5-6-13(12(7-11)8-16)15-14(17)10-3-4-10/h5-10H,3-4H2,1-2H3,(H,15,17). The Labute approximate surface area is 101 Å². The number of carbonyl (C=O) groups is 2. The van der Waals surface area contributed by atoms with Crippen LogP contribution in [-0.4, -0.2) is 12.2 Å². The first kappa shape index (κ1) is 11.8. The molecule has 1 aliphatic carbocycles. The summed E-state index contributed by atoms with van der Waals surface area (Å²) in [7, 11) is 0. The minimum absolute atomic E-state index is 0.0328. The zero-order valence-corrected chi connectivity index (χ0v) is 10.2. The third kappa shape index (κ3) is 2.73. The number of nitrogens with one attached hydrogen (secondary N) is 1. The molecule has 0 radical (unpaired) electrons. The summed E-state index contributed by atoms with van der Waals surface area (Å²) in [6.45, 7) is 4.15. The van der Waals surface area contributed by atoms with E-state index in [0.717, 1.165) is 24.7 Å². The van der Waals surface area contributed by atoms with Gasteiger partial charge in [0.15, 0.2) is 6.29 Å². The number of anilines is 1. The van der Waals surface area contributed by atoms with Crippen molar-refractivity contribution in [2.75, 3.05) is 5.32 Å². The van der Waals surface area contributed by atoms with Gasteiger partial charge in [-0.1, -0.05) is 19.9 Å². The molecule has 0 spiro atoms. The highest BCUT2D eigenvalue weighted by Crippen LogP contribution is 2.31. The van der Waals surface area contributed by atoms with Crippen molar-refractivity contribution in [1.29, 1.82) is 0 Å². The molecule has 1 amide bonds. The first-order valence-electron chi connectivity index (χ1n) is 6.02. The van der Waals surface area contributed by atoms with E-state index in [1.807, 2.05) is 18.2 Å². The molecule has 1 N–H and O–H groups in total. The van der Waals surface area contributed by atoms with Gasteiger partial charge in [-0.05, 0) is 36.5 Å². The number of carbonyl (C=O) groups excluding carboxylic acids is 2. The molecular weight excluding hydrogens is 214 g/mol. The minimum Gasteiger partial charge on any atom is -0.325 e. The molecule has 0 bridgehead atoms. The molecule has 1 fully saturated rings. The lowest BCUT2D eigenvalue weighted by atomic mass is 10.00. The van der Waals surface area contributed by atoms with Crippen LogP contribution >= 0.6 is 0 Å². The normalized spacial score (nSPS) is 14.8. The third-order valence-corrected chi connectivity index (χ3v) is 3.08. The molecule has 0 aromatic heterocycles. The van der Waals surface area contributed by atoms with Crippen LogP contribution in [0.1, 0.15) is 48.5 Å². The van der Waals surface area contributed by atoms with Gasteiger partial charge in [-0.3, -0.25) is 9.59 Å². The summed E-state index contributed by atoms with van der Waals surface area (Å²) in [6, 6.07) is 5.62. The molecule has 3 heteroatoms. The van der Waals surface area contributed by atoms with E-state index >= 15 is 0 Å². The summed E-state index contributed by atoms with van der Waals surface area (Å²) in [4.78, 5) is 22.7. The summed E-state index contributed by atoms with van der Waals surface area (Å²) in [6.07, 6.45) is 2.73. The van der Waals surface area contributed by atoms with Gasteiger partial charge in [0.05, 0.1) is 5.69 Å². The topological polar surface area (TPSA) is 46.2 Å². The Morgan fingerprint density at radius 1 is 1.41 bits per heavy atom. The summed E-state index contributed by atoms with van der Waals surface area (Å²) < 4.78 is 0. The molecule has 0 atom stereocenters. The molecule has 1 aromatic carbocycles. The van der Waals surface area contributed by atoms with Gasteiger partial charge in [-0.15, -0.1) is 0 Å². The molecule has 3 nitrogen and oxygen atoms in total. The predicted molar refractivity (Wildman–Crippen MR) is 67.3 cm³/mol. The molecule has 0 saturated heterocycles. The summed E-state index contributed by atoms with van der Waals surface area (Å²) in [5.41, 5.74) is 2.29. The molecular formula is C14H17NO2. The Balaban J connectivity index is 2.20. The SMILES string of the molecule is CC(C)c1ccc(NC(=O)C2CC2)c(C=O)c1. The fraction of sp³-hybridized carbons (Fsp3) is 0.429. The van der Waals surface area contributed by atoms with E-state index in [4.69, 9.17) is 0 Å². The zero-order valence-electron chi connectivity index (χ0n) is 10.2. The molecule has 1 saturated carbocycles. The number of hydrogen-bond donors (Lipinski definition) is 1. The smallest absolute Gasteiger partial charge is 0.227 e. The second-order valence-electron chi connectivity index (χ2n) is 4.88. The predicted octanol–water partition coefficient (Wildman–Crippen LogP) is 2.97. The van der Waals surface area contributed by atoms with Crippen LogP contribution < -0.4 is 5.32 Å². The van der Waals surface area contributed by atoms with Gasteiger partial charge in [0.1, 0.15) is 0 Å². The van der Waals surface area contributed by atoms with Crippen LogP contribution in [0.15, 0.2) is 18.2 Å². The summed E-state index contributed by atoms with van der Waals surface area (Å²) >= 11 is 0. The van der Waals surface area contributed by atoms with E-state index < -0.39 is 0 Å². The van der Waals surface area contributed by atoms with Crippen molar-refractivity contribution >= 4 is 17.9 Å². The van der Waals surface area contributed by atoms with Crippen molar-refractivity contribution < 1.29 is 9.59 Å². The molecule has 0 heterocycles. The molecule has 90 valence electrons. The third-order valence-electron chi connectivity index (χ3n) is 3.08. The van der Waals surface area contributed by atoms with E-state index in [0.29, 0.717) is 17.2 Å². The average molecular weight is 231 g/mol. The van der Waals surface area contributed by atoms with E-state index in [1.165, 1.54) is 0 Å². The highest BCUT2D eigenvalue weighted by Gasteiger charge is 2.29. The largest absolute Gasteiger partial charge is 0.325 e. The van der Waals surface area contributed by atoms with Crippen LogP contribution in [0.2, 0.25) is 0 Å². The van der Waals surface area contributed by atoms with Crippen molar-refractivity contribution in [2.45, 2.75) is 32.6 Å². The van der Waals surface area contributed by atoms with Crippen LogP contribution in [-0.2, 0) is 4.79 Å². The van der Waals surface area contributed by atoms with E-state index in [2.05, 4.69) is 19.2 Å². The van der Waals surface area contributed by atoms with Gasteiger partial charge >= 0.3 is 0 Å². The Bertz CT molecular complexity index is 448. The highest BCUT2D eigenvalue weighted by atomic mass is 16.2. The van der Waals surface area contributed by atoms with Gasteiger partial charge in [0.2, 0.25) is 5.91 Å². The second-order valence-corrected chi connectivity index (χ2v) is 4.88. The monoisotopic (exact) mass is 231 g/mol. The number of rotatable bonds is 4. The Morgan fingerprint density at radius 3 is 2.65 bits per heavy atom. The van der Waals surface area contributed by atoms with E-state index in [9.17, 15) is 9.59 Å². The maximum absolute atomic E-state index is 11.6. The lowest BCUT2D eigenvalue weighted by molar-refractivity contribution is -0.117. The molecule has 1 aliphatic rings. The molecule has 2 rings (SSSR count). The number of aldehydes is 1. The zero-order chi connectivity index (χ0) is 12.4. The Hall–Kier alpha value is -1.64. The fourth-order valence-corrected chi connectivity index (χ4v) is 1.73. The fourth-order valence-electron chi connectivity index (χ4n) is 1.73. The summed E-state index contributed by atoms with van der Waals surface area (Å²) in [5.74, 6) is 0.562. The number of amides is 1. The molecule has 1 aromatic rings. The van der Waals surface area contributed by atoms with Crippen molar-refractivity contribution in [2.24, 2.45) is 5.92 Å². The highest BCUT2D eigenvalue weighted by molar-refractivity contribution is 5.98. The Kier molecular flexibility index (Phi) is 3.27. The van der Waals surface area contributed by atoms with Gasteiger partial charge in [-0.25, -0.2) is 0 Å². The van der Waals surface area contributed by atoms with E-state index in [1.54, 1.807) is 0 Å². The first-order chi connectivity index (χ1) is 8.11. The van der Waals surface area contributed by atoms with Crippen LogP contribution in [0.4, 0.5) is 5.69 Å². The maximum Gasteiger partial charge on any atom is 0.227 e. The van der Waals surface area contributed by atoms with Crippen molar-refractivity contribution in [3.05, 3.63) is 29.3 Å². The van der Waals surface area contributed by atoms with Crippen LogP contribution in [0, 0.1) is 5.92 Å². The maximum atomic E-state index is 11.6. The average Bonchev–Trinajstić information content (AvgIpc) is 3.13. The lowest BCUT2D eigenvalue weighted by Gasteiger charge is -2.11. The van der Waals surface area contributed by atoms with Crippen LogP contribution in [0.25, 0.3) is 0 Å². The van der Waals surface area contributed by atoms with Crippen LogP contribution in [0.5, 0.6) is 0 Å². The van der Waals surface area contributed by atoms with Gasteiger partial charge < -0.3 is 5.32 Å². The molecule has 0 unspecified atom stereocenters. The molecule has 17 heavy (non-hydrogen) atoms.